The third kappa shape index (κ3) is 4.41. The summed E-state index contributed by atoms with van der Waals surface area (Å²) in [5.41, 5.74) is 0.412. The molecule has 0 aliphatic heterocycles. The molecule has 0 bridgehead atoms. The molecule has 0 spiro atoms. The van der Waals surface area contributed by atoms with Gasteiger partial charge in [0.2, 0.25) is 0 Å². The summed E-state index contributed by atoms with van der Waals surface area (Å²) in [5.74, 6) is -1.81. The van der Waals surface area contributed by atoms with Gasteiger partial charge in [-0.25, -0.2) is 4.79 Å². The first kappa shape index (κ1) is 16.4. The maximum atomic E-state index is 12.1. The maximum Gasteiger partial charge on any atom is 0.326 e. The second-order valence-electron chi connectivity index (χ2n) is 4.43. The van der Waals surface area contributed by atoms with Gasteiger partial charge in [-0.1, -0.05) is 18.2 Å². The Kier molecular flexibility index (Phi) is 5.59. The van der Waals surface area contributed by atoms with Gasteiger partial charge in [0.15, 0.2) is 0 Å². The molecule has 7 heteroatoms. The number of hydrogen-bond donors (Lipinski definition) is 2. The summed E-state index contributed by atoms with van der Waals surface area (Å²) in [6.45, 7) is 3.37. The van der Waals surface area contributed by atoms with Gasteiger partial charge >= 0.3 is 5.97 Å². The maximum absolute atomic E-state index is 12.1. The normalized spacial score (nSPS) is 12.1. The molecule has 0 radical (unpaired) electrons. The Morgan fingerprint density at radius 2 is 2.14 bits per heavy atom. The van der Waals surface area contributed by atoms with Crippen molar-refractivity contribution in [2.24, 2.45) is 0 Å². The molecule has 7 nitrogen and oxygen atoms in total. The Hall–Kier alpha value is -2.70. The van der Waals surface area contributed by atoms with E-state index < -0.39 is 22.8 Å². The Labute approximate surface area is 121 Å². The van der Waals surface area contributed by atoms with Gasteiger partial charge in [-0.2, -0.15) is 0 Å². The SMILES string of the molecule is C/C=C/CC(NC(=O)c1cc([N+](=O)[O-])ccc1C)C(=O)O. The van der Waals surface area contributed by atoms with Gasteiger partial charge in [0, 0.05) is 17.7 Å². The van der Waals surface area contributed by atoms with Gasteiger partial charge in [0.1, 0.15) is 6.04 Å². The standard InChI is InChI=1S/C14H16N2O5/c1-3-4-5-12(14(18)19)15-13(17)11-8-10(16(20)21)7-6-9(11)2/h3-4,6-8,12H,5H2,1-2H3,(H,15,17)(H,18,19)/b4-3+. The first-order valence-corrected chi connectivity index (χ1v) is 6.26. The van der Waals surface area contributed by atoms with Gasteiger partial charge in [0.25, 0.3) is 11.6 Å². The third-order valence-corrected chi connectivity index (χ3v) is 2.89. The van der Waals surface area contributed by atoms with Crippen LogP contribution in [0.2, 0.25) is 0 Å². The van der Waals surface area contributed by atoms with E-state index in [0.717, 1.165) is 6.07 Å². The molecule has 0 aliphatic rings. The summed E-state index contributed by atoms with van der Waals surface area (Å²) in [6.07, 6.45) is 3.45. The van der Waals surface area contributed by atoms with E-state index in [1.54, 1.807) is 26.0 Å². The molecule has 112 valence electrons. The lowest BCUT2D eigenvalue weighted by molar-refractivity contribution is -0.384. The zero-order valence-electron chi connectivity index (χ0n) is 11.7. The molecular weight excluding hydrogens is 276 g/mol. The van der Waals surface area contributed by atoms with Crippen molar-refractivity contribution in [3.63, 3.8) is 0 Å². The summed E-state index contributed by atoms with van der Waals surface area (Å²) in [6, 6.07) is 2.81. The second kappa shape index (κ2) is 7.18. The molecule has 0 fully saturated rings. The van der Waals surface area contributed by atoms with Crippen molar-refractivity contribution in [2.75, 3.05) is 0 Å². The van der Waals surface area contributed by atoms with Crippen LogP contribution in [0.5, 0.6) is 0 Å². The Morgan fingerprint density at radius 1 is 1.48 bits per heavy atom. The predicted octanol–water partition coefficient (Wildman–Crippen LogP) is 2.05. The van der Waals surface area contributed by atoms with E-state index in [4.69, 9.17) is 5.11 Å². The number of aliphatic carboxylic acids is 1. The van der Waals surface area contributed by atoms with Crippen molar-refractivity contribution in [3.8, 4) is 0 Å². The van der Waals surface area contributed by atoms with Crippen LogP contribution in [0.25, 0.3) is 0 Å². The predicted molar refractivity (Wildman–Crippen MR) is 76.2 cm³/mol. The van der Waals surface area contributed by atoms with Gasteiger partial charge in [-0.15, -0.1) is 0 Å². The van der Waals surface area contributed by atoms with E-state index in [9.17, 15) is 19.7 Å². The number of amides is 1. The number of carboxylic acids is 1. The fourth-order valence-corrected chi connectivity index (χ4v) is 1.70. The lowest BCUT2D eigenvalue weighted by Crippen LogP contribution is -2.40. The Morgan fingerprint density at radius 3 is 2.67 bits per heavy atom. The van der Waals surface area contributed by atoms with Crippen LogP contribution in [0.4, 0.5) is 5.69 Å². The van der Waals surface area contributed by atoms with Crippen LogP contribution < -0.4 is 5.32 Å². The number of carbonyl (C=O) groups excluding carboxylic acids is 1. The third-order valence-electron chi connectivity index (χ3n) is 2.89. The average molecular weight is 292 g/mol. The number of hydrogen-bond acceptors (Lipinski definition) is 4. The van der Waals surface area contributed by atoms with Gasteiger partial charge in [-0.05, 0) is 25.8 Å². The first-order valence-electron chi connectivity index (χ1n) is 6.26. The molecule has 0 aliphatic carbocycles. The molecule has 1 rings (SSSR count). The van der Waals surface area contributed by atoms with Crippen LogP contribution >= 0.6 is 0 Å². The van der Waals surface area contributed by atoms with E-state index in [1.165, 1.54) is 12.1 Å². The first-order chi connectivity index (χ1) is 9.86. The number of carboxylic acid groups (broad SMARTS) is 1. The van der Waals surface area contributed by atoms with Crippen LogP contribution in [0.3, 0.4) is 0 Å². The highest BCUT2D eigenvalue weighted by Gasteiger charge is 2.21. The number of non-ortho nitro benzene ring substituents is 1. The van der Waals surface area contributed by atoms with E-state index in [-0.39, 0.29) is 17.7 Å². The van der Waals surface area contributed by atoms with Crippen molar-refractivity contribution < 1.29 is 19.6 Å². The number of nitrogens with one attached hydrogen (secondary N) is 1. The largest absolute Gasteiger partial charge is 0.480 e. The van der Waals surface area contributed by atoms with Crippen LogP contribution in [-0.2, 0) is 4.79 Å². The minimum absolute atomic E-state index is 0.0935. The number of rotatable bonds is 6. The smallest absolute Gasteiger partial charge is 0.326 e. The second-order valence-corrected chi connectivity index (χ2v) is 4.43. The molecule has 1 unspecified atom stereocenters. The molecule has 2 N–H and O–H groups in total. The van der Waals surface area contributed by atoms with Crippen molar-refractivity contribution in [3.05, 3.63) is 51.6 Å². The van der Waals surface area contributed by atoms with E-state index in [2.05, 4.69) is 5.32 Å². The number of allylic oxidation sites excluding steroid dienone is 1. The number of nitro benzene ring substituents is 1. The summed E-state index contributed by atoms with van der Waals surface area (Å²) in [5, 5.41) is 22.1. The van der Waals surface area contributed by atoms with Crippen molar-refractivity contribution in [1.82, 2.24) is 5.32 Å². The Balaban J connectivity index is 2.99. The summed E-state index contributed by atoms with van der Waals surface area (Å²) >= 11 is 0. The fourth-order valence-electron chi connectivity index (χ4n) is 1.70. The summed E-state index contributed by atoms with van der Waals surface area (Å²) in [4.78, 5) is 33.3. The van der Waals surface area contributed by atoms with E-state index in [1.807, 2.05) is 0 Å². The number of nitrogens with zero attached hydrogens (tertiary/aromatic N) is 1. The quantitative estimate of drug-likeness (QED) is 0.473. The van der Waals surface area contributed by atoms with E-state index in [0.29, 0.717) is 5.56 Å². The zero-order valence-corrected chi connectivity index (χ0v) is 11.7. The van der Waals surface area contributed by atoms with Crippen molar-refractivity contribution in [2.45, 2.75) is 26.3 Å². The van der Waals surface area contributed by atoms with Crippen molar-refractivity contribution >= 4 is 17.6 Å². The monoisotopic (exact) mass is 292 g/mol. The Bertz CT molecular complexity index is 595. The molecule has 1 aromatic carbocycles. The minimum Gasteiger partial charge on any atom is -0.480 e. The van der Waals surface area contributed by atoms with E-state index >= 15 is 0 Å². The summed E-state index contributed by atoms with van der Waals surface area (Å²) < 4.78 is 0. The number of aryl methyl sites for hydroxylation is 1. The lowest BCUT2D eigenvalue weighted by Gasteiger charge is -2.13. The molecule has 21 heavy (non-hydrogen) atoms. The molecule has 0 saturated carbocycles. The highest BCUT2D eigenvalue weighted by atomic mass is 16.6. The summed E-state index contributed by atoms with van der Waals surface area (Å²) in [7, 11) is 0. The highest BCUT2D eigenvalue weighted by Crippen LogP contribution is 2.17. The lowest BCUT2D eigenvalue weighted by atomic mass is 10.1. The molecule has 1 amide bonds. The van der Waals surface area contributed by atoms with Crippen LogP contribution in [0.1, 0.15) is 29.3 Å². The highest BCUT2D eigenvalue weighted by molar-refractivity contribution is 5.98. The number of carbonyl (C=O) groups is 2. The van der Waals surface area contributed by atoms with Gasteiger partial charge in [0.05, 0.1) is 4.92 Å². The fraction of sp³-hybridized carbons (Fsp3) is 0.286. The van der Waals surface area contributed by atoms with Gasteiger partial charge in [-0.3, -0.25) is 14.9 Å². The van der Waals surface area contributed by atoms with Crippen LogP contribution in [-0.4, -0.2) is 27.9 Å². The zero-order chi connectivity index (χ0) is 16.0. The molecular formula is C14H16N2O5. The number of nitro groups is 1. The average Bonchev–Trinajstić information content (AvgIpc) is 2.42. The minimum atomic E-state index is -1.16. The molecule has 1 atom stereocenters. The molecule has 0 aromatic heterocycles. The molecule has 1 aromatic rings. The topological polar surface area (TPSA) is 110 Å². The molecule has 0 saturated heterocycles. The van der Waals surface area contributed by atoms with Crippen molar-refractivity contribution in [1.29, 1.82) is 0 Å². The van der Waals surface area contributed by atoms with Crippen LogP contribution in [0.15, 0.2) is 30.4 Å². The molecule has 0 heterocycles. The van der Waals surface area contributed by atoms with Crippen LogP contribution in [0, 0.1) is 17.0 Å². The number of benzene rings is 1. The van der Waals surface area contributed by atoms with Gasteiger partial charge < -0.3 is 10.4 Å².